The van der Waals surface area contributed by atoms with Gasteiger partial charge < -0.3 is 142 Å². The number of aliphatic hydroxyl groups excluding tert-OH is 2. The van der Waals surface area contributed by atoms with E-state index in [1.165, 1.54) is 68.2 Å². The standard InChI is InChI=1S/C91H133N27O25S/c1-52(2)77(78(92)132)113-88(142)70-18-11-28-118(70)89(143)63(17-10-27-99-91(95)96)103-71(122)44-101-79(133)66(40-55-42-100-59-15-8-7-14-58(55)59)110-80(134)60(16-9-26-98-90(93)94)105-83(137)64(38-53-12-5-4-6-13-53)108-85(139)67(41-56-43-97-51-102-56)111-81(135)61(23-24-73(124)125)106-82(136)62(25-37-144-3)107-87(141)69(50-120)112-84(138)65(39-54-19-21-57(121)22-20-54)109-86(140)68(49-119)104-72(123)45-114-29-31-115(46-74(126)127)33-35-117(48-76(130)131)36-34-116(32-30-114)47-75(128)129/h4-8,12-15,19-22,42-43,51-52,60-70,77,100,119-121H,9-11,16-18,23-41,44-50H2,1-3H3,(H2,92,132)(H,97,102)(H,101,133)(H,103,122)(H,104,123)(H,105,137)(H,106,136)(H,107,141)(H,108,139)(H,109,140)(H,110,134)(H,111,135)(H,112,138)(H,113,142)(H,124,125)(H,126,127)(H,128,129)(H,130,131)(H4,93,94,98)(H4,95,96,99)/t60-,61-,62-,63-,64-,65-,66-,67-,68-,69-,70-,77-/m0/s1. The minimum absolute atomic E-state index is 0.00142. The van der Waals surface area contributed by atoms with Gasteiger partial charge in [-0.3, -0.25) is 117 Å². The number of fused-ring (bicyclic) bond motifs is 1. The Hall–Kier alpha value is -14.7. The number of aromatic amines is 2. The van der Waals surface area contributed by atoms with E-state index in [0.717, 1.165) is 0 Å². The number of carboxylic acid groups (broad SMARTS) is 4. The van der Waals surface area contributed by atoms with Crippen LogP contribution in [0.4, 0.5) is 0 Å². The summed E-state index contributed by atoms with van der Waals surface area (Å²) in [5.41, 5.74) is 18.8. The first-order valence-corrected chi connectivity index (χ1v) is 48.2. The van der Waals surface area contributed by atoms with Crippen LogP contribution in [0.2, 0.25) is 0 Å². The maximum Gasteiger partial charge on any atom is 0.317 e. The Morgan fingerprint density at radius 2 is 0.889 bits per heavy atom. The average molecular weight is 2040 g/mol. The van der Waals surface area contributed by atoms with E-state index in [9.17, 15) is 108 Å². The molecule has 5 aromatic rings. The highest BCUT2D eigenvalue weighted by Crippen LogP contribution is 2.24. The van der Waals surface area contributed by atoms with Crippen molar-refractivity contribution in [1.29, 1.82) is 10.8 Å². The third-order valence-corrected chi connectivity index (χ3v) is 24.2. The highest BCUT2D eigenvalue weighted by atomic mass is 32.2. The van der Waals surface area contributed by atoms with Gasteiger partial charge in [0.05, 0.1) is 52.3 Å². The number of imidazole rings is 1. The third kappa shape index (κ3) is 40.4. The number of H-pyrrole nitrogens is 2. The van der Waals surface area contributed by atoms with Gasteiger partial charge in [-0.05, 0) is 104 Å². The molecular formula is C91H133N27O25S. The number of guanidine groups is 2. The van der Waals surface area contributed by atoms with Gasteiger partial charge in [-0.15, -0.1) is 0 Å². The molecule has 0 aliphatic carbocycles. The summed E-state index contributed by atoms with van der Waals surface area (Å²) in [7, 11) is 0. The highest BCUT2D eigenvalue weighted by Gasteiger charge is 2.42. The van der Waals surface area contributed by atoms with Crippen molar-refractivity contribution in [1.82, 2.24) is 114 Å². The summed E-state index contributed by atoms with van der Waals surface area (Å²) in [5, 5.41) is 123. The molecule has 0 radical (unpaired) electrons. The largest absolute Gasteiger partial charge is 0.508 e. The second-order valence-electron chi connectivity index (χ2n) is 35.0. The molecule has 2 aliphatic rings. The van der Waals surface area contributed by atoms with Crippen molar-refractivity contribution in [2.75, 3.05) is 130 Å². The van der Waals surface area contributed by atoms with E-state index >= 15 is 14.4 Å². The number of aromatic nitrogens is 3. The summed E-state index contributed by atoms with van der Waals surface area (Å²) in [6.07, 6.45) is 3.03. The number of para-hydroxylation sites is 1. The van der Waals surface area contributed by atoms with E-state index in [-0.39, 0.29) is 152 Å². The van der Waals surface area contributed by atoms with Crippen LogP contribution >= 0.6 is 11.8 Å². The monoisotopic (exact) mass is 2040 g/mol. The van der Waals surface area contributed by atoms with Gasteiger partial charge in [0, 0.05) is 133 Å². The van der Waals surface area contributed by atoms with Crippen LogP contribution in [0.5, 0.6) is 5.75 Å². The van der Waals surface area contributed by atoms with Gasteiger partial charge in [0.25, 0.3) is 0 Å². The number of nitrogens with zero attached hydrogens (tertiary/aromatic N) is 6. The van der Waals surface area contributed by atoms with E-state index < -0.39 is 263 Å². The number of carbonyl (C=O) groups excluding carboxylic acids is 14. The normalized spacial score (nSPS) is 16.2. The molecule has 2 saturated heterocycles. The molecule has 2 aliphatic heterocycles. The smallest absolute Gasteiger partial charge is 0.317 e. The van der Waals surface area contributed by atoms with Gasteiger partial charge in [0.2, 0.25) is 82.7 Å². The number of hydrogen-bond acceptors (Lipinski definition) is 29. The van der Waals surface area contributed by atoms with E-state index in [1.807, 2.05) is 0 Å². The van der Waals surface area contributed by atoms with Gasteiger partial charge in [0.15, 0.2) is 11.9 Å². The summed E-state index contributed by atoms with van der Waals surface area (Å²) >= 11 is 1.19. The zero-order chi connectivity index (χ0) is 106. The number of aliphatic hydroxyl groups is 2. The number of nitrogens with two attached hydrogens (primary N) is 3. The number of phenols is 1. The number of rotatable bonds is 58. The first kappa shape index (κ1) is 116. The Kier molecular flexibility index (Phi) is 48.4. The molecule has 4 heterocycles. The Bertz CT molecular complexity index is 5170. The molecule has 788 valence electrons. The molecule has 2 fully saturated rings. The number of likely N-dealkylation sites (tertiary alicyclic amines) is 1. The van der Waals surface area contributed by atoms with Crippen LogP contribution < -0.4 is 91.6 Å². The quantitative estimate of drug-likeness (QED) is 0.00977. The summed E-state index contributed by atoms with van der Waals surface area (Å²) < 4.78 is 0. The second-order valence-corrected chi connectivity index (χ2v) is 36.0. The molecule has 0 unspecified atom stereocenters. The Labute approximate surface area is 832 Å². The molecule has 0 bridgehead atoms. The number of benzene rings is 3. The number of amides is 14. The fourth-order valence-electron chi connectivity index (χ4n) is 16.0. The van der Waals surface area contributed by atoms with E-state index in [2.05, 4.69) is 89.4 Å². The van der Waals surface area contributed by atoms with Crippen LogP contribution in [-0.2, 0) is 112 Å². The maximum atomic E-state index is 15.3. The zero-order valence-corrected chi connectivity index (χ0v) is 81.0. The molecule has 31 N–H and O–H groups in total. The molecule has 14 amide bonds. The summed E-state index contributed by atoms with van der Waals surface area (Å²) in [6.45, 7) is -1.14. The molecular weight excluding hydrogens is 1900 g/mol. The molecule has 144 heavy (non-hydrogen) atoms. The van der Waals surface area contributed by atoms with Gasteiger partial charge in [-0.25, -0.2) is 4.98 Å². The molecule has 53 heteroatoms. The fraction of sp³-hybridized carbons (Fsp3) is 0.527. The number of nitrogens with one attached hydrogen (secondary N) is 18. The number of hydrogen-bond donors (Lipinski definition) is 28. The minimum atomic E-state index is -1.96. The van der Waals surface area contributed by atoms with Crippen molar-refractivity contribution < 1.29 is 122 Å². The van der Waals surface area contributed by atoms with Gasteiger partial charge in [-0.1, -0.05) is 74.5 Å². The van der Waals surface area contributed by atoms with Crippen LogP contribution in [0.3, 0.4) is 0 Å². The van der Waals surface area contributed by atoms with Gasteiger partial charge in [0.1, 0.15) is 78.3 Å². The topological polar surface area (TPSA) is 804 Å². The zero-order valence-electron chi connectivity index (χ0n) is 80.2. The molecule has 3 aromatic carbocycles. The Balaban J connectivity index is 1.10. The molecule has 52 nitrogen and oxygen atoms in total. The van der Waals surface area contributed by atoms with Gasteiger partial charge in [-0.2, -0.15) is 11.8 Å². The first-order valence-electron chi connectivity index (χ1n) is 46.8. The number of phenolic OH excluding ortho intramolecular Hbond substituents is 1. The number of aromatic hydroxyl groups is 1. The lowest BCUT2D eigenvalue weighted by molar-refractivity contribution is -0.142. The van der Waals surface area contributed by atoms with Crippen LogP contribution in [0, 0.1) is 16.7 Å². The SMILES string of the molecule is CSCC[C@H](NC(=O)[C@H](CO)NC(=O)[C@H](Cc1ccc(O)cc1)NC(=O)[C@H](CO)NC(=O)CN1CCN(CC(=O)O)CCN(CC(=O)O)CCN(CC(=O)O)CC1)C(=O)N[C@@H](CCC(=O)O)C(=O)N[C@@H](Cc1cnc[nH]1)C(=O)N[C@@H](Cc1ccccc1)C(=O)N[C@@H](CCCNC(=N)N)C(=O)N[C@@H](Cc1c[nH]c2ccccc12)C(=O)NCC(=O)N[C@@H](CCCNC(=N)N)C(=O)N1CCC[C@H]1C(=O)N[C@H](C(N)=O)C(C)C. The molecule has 12 atom stereocenters. The lowest BCUT2D eigenvalue weighted by Crippen LogP contribution is -2.61. The van der Waals surface area contributed by atoms with Crippen LogP contribution in [0.15, 0.2) is 97.6 Å². The lowest BCUT2D eigenvalue weighted by Gasteiger charge is -2.33. The van der Waals surface area contributed by atoms with Crippen molar-refractivity contribution in [3.8, 4) is 5.75 Å². The predicted molar refractivity (Wildman–Crippen MR) is 520 cm³/mol. The van der Waals surface area contributed by atoms with Crippen molar-refractivity contribution in [2.45, 2.75) is 170 Å². The number of carboxylic acids is 4. The van der Waals surface area contributed by atoms with Crippen LogP contribution in [0.1, 0.15) is 94.0 Å². The molecule has 7 rings (SSSR count). The molecule has 0 saturated carbocycles. The van der Waals surface area contributed by atoms with Crippen LogP contribution in [0.25, 0.3) is 10.9 Å². The first-order chi connectivity index (χ1) is 68.6. The van der Waals surface area contributed by atoms with E-state index in [0.29, 0.717) is 28.5 Å². The van der Waals surface area contributed by atoms with Crippen molar-refractivity contribution in [3.63, 3.8) is 0 Å². The van der Waals surface area contributed by atoms with Crippen molar-refractivity contribution in [3.05, 3.63) is 120 Å². The number of thioether (sulfide) groups is 1. The summed E-state index contributed by atoms with van der Waals surface area (Å²) in [6, 6.07) is 1.31. The highest BCUT2D eigenvalue weighted by molar-refractivity contribution is 7.98. The summed E-state index contributed by atoms with van der Waals surface area (Å²) in [5.74, 6) is -20.2. The van der Waals surface area contributed by atoms with Gasteiger partial charge >= 0.3 is 23.9 Å². The van der Waals surface area contributed by atoms with Crippen molar-refractivity contribution >= 4 is 141 Å². The molecule has 2 aromatic heterocycles. The van der Waals surface area contributed by atoms with Crippen LogP contribution in [-0.4, -0.2) is 396 Å². The molecule has 0 spiro atoms. The maximum absolute atomic E-state index is 15.3. The fourth-order valence-corrected chi connectivity index (χ4v) is 16.4. The van der Waals surface area contributed by atoms with Crippen molar-refractivity contribution in [2.24, 2.45) is 23.1 Å². The predicted octanol–water partition coefficient (Wildman–Crippen LogP) is -7.95. The van der Waals surface area contributed by atoms with E-state index in [1.54, 1.807) is 85.8 Å². The number of aliphatic carboxylic acids is 4. The number of carbonyl (C=O) groups is 18. The minimum Gasteiger partial charge on any atom is -0.508 e. The third-order valence-electron chi connectivity index (χ3n) is 23.6. The number of primary amides is 1. The summed E-state index contributed by atoms with van der Waals surface area (Å²) in [4.78, 5) is 268. The Morgan fingerprint density at radius 1 is 0.458 bits per heavy atom. The lowest BCUT2D eigenvalue weighted by atomic mass is 10.0. The van der Waals surface area contributed by atoms with E-state index in [4.69, 9.17) is 28.0 Å². The Morgan fingerprint density at radius 3 is 1.36 bits per heavy atom. The second kappa shape index (κ2) is 59.9. The average Bonchev–Trinajstić information content (AvgIpc) is 1.67.